The zero-order valence-corrected chi connectivity index (χ0v) is 6.77. The van der Waals surface area contributed by atoms with Crippen LogP contribution in [0.1, 0.15) is 0 Å². The van der Waals surface area contributed by atoms with Crippen molar-refractivity contribution in [1.82, 2.24) is 0 Å². The highest BCUT2D eigenvalue weighted by molar-refractivity contribution is 7.26. The molecule has 2 unspecified atom stereocenters. The van der Waals surface area contributed by atoms with Crippen LogP contribution in [0.25, 0.3) is 0 Å². The predicted molar refractivity (Wildman–Crippen MR) is 55.1 cm³/mol. The molecule has 54 valence electrons. The molecule has 4 N–H and O–H groups in total. The van der Waals surface area contributed by atoms with Gasteiger partial charge in [-0.25, -0.2) is 0 Å². The maximum absolute atomic E-state index is 5.68. The molecule has 0 bridgehead atoms. The van der Waals surface area contributed by atoms with E-state index in [0.717, 1.165) is 5.47 Å². The van der Waals surface area contributed by atoms with Crippen molar-refractivity contribution in [2.45, 2.75) is 12.1 Å². The molecule has 6 heteroatoms. The van der Waals surface area contributed by atoms with Gasteiger partial charge in [0.25, 0.3) is 0 Å². The minimum absolute atomic E-state index is 0.177. The molecule has 2 atom stereocenters. The second-order valence-electron chi connectivity index (χ2n) is 2.76. The monoisotopic (exact) mass is 152 g/mol. The Morgan fingerprint density at radius 2 is 1.83 bits per heavy atom. The first-order valence-electron chi connectivity index (χ1n) is 3.74. The van der Waals surface area contributed by atoms with Gasteiger partial charge in [0.05, 0.1) is 7.17 Å². The second-order valence-corrected chi connectivity index (χ2v) is 2.76. The maximum atomic E-state index is 5.68. The molecule has 0 aromatic heterocycles. The van der Waals surface area contributed by atoms with Crippen LogP contribution >= 0.6 is 0 Å². The van der Waals surface area contributed by atoms with Gasteiger partial charge in [-0.1, -0.05) is 12.2 Å². The van der Waals surface area contributed by atoms with Crippen LogP contribution in [0.15, 0.2) is 23.1 Å². The molecule has 0 aromatic carbocycles. The molecule has 0 heterocycles. The third kappa shape index (κ3) is 2.08. The molecule has 0 aromatic rings. The summed E-state index contributed by atoms with van der Waals surface area (Å²) in [4.78, 5) is 0. The fraction of sp³-hybridized carbons (Fsp3) is 0.333. The Balaban J connectivity index is 2.74. The van der Waals surface area contributed by atoms with Crippen LogP contribution in [0.3, 0.4) is 0 Å². The van der Waals surface area contributed by atoms with Crippen molar-refractivity contribution in [1.29, 1.82) is 0 Å². The first-order valence-corrected chi connectivity index (χ1v) is 3.74. The van der Waals surface area contributed by atoms with Gasteiger partial charge in [-0.3, -0.25) is 0 Å². The largest absolute Gasteiger partial charge is 0.323 e. The van der Waals surface area contributed by atoms with Gasteiger partial charge in [0.15, 0.2) is 0 Å². The lowest BCUT2D eigenvalue weighted by atomic mass is 9.24. The second kappa shape index (κ2) is 4.06. The molecule has 0 saturated carbocycles. The van der Waals surface area contributed by atoms with E-state index in [4.69, 9.17) is 27.1 Å². The molecule has 2 nitrogen and oxygen atoms in total. The van der Waals surface area contributed by atoms with Crippen molar-refractivity contribution in [2.75, 3.05) is 0 Å². The van der Waals surface area contributed by atoms with E-state index in [1.165, 1.54) is 7.06 Å². The molecule has 6 radical (unpaired) electrons. The number of nitrogens with two attached hydrogens (primary N) is 2. The topological polar surface area (TPSA) is 52.0 Å². The highest BCUT2D eigenvalue weighted by atomic mass is 14.8. The lowest BCUT2D eigenvalue weighted by Gasteiger charge is -2.23. The van der Waals surface area contributed by atoms with E-state index >= 15 is 0 Å². The quantitative estimate of drug-likeness (QED) is 0.449. The molecule has 0 aliphatic heterocycles. The standard InChI is InChI=1S/C6H8B4N2/c7-3-1-5(11)6(12)2-4(3)9-10-8/h1-2,5-6H,11-12H2. The molecular formula is C6H8B4N2. The Kier molecular flexibility index (Phi) is 3.29. The third-order valence-corrected chi connectivity index (χ3v) is 1.80. The van der Waals surface area contributed by atoms with Crippen molar-refractivity contribution in [3.8, 4) is 0 Å². The molecule has 1 rings (SSSR count). The zero-order valence-electron chi connectivity index (χ0n) is 6.77. The number of hydrogen-bond acceptors (Lipinski definition) is 2. The molecule has 0 amide bonds. The maximum Gasteiger partial charge on any atom is 0.112 e. The first kappa shape index (κ1) is 9.75. The summed E-state index contributed by atoms with van der Waals surface area (Å²) < 4.78 is 0. The van der Waals surface area contributed by atoms with Crippen molar-refractivity contribution in [3.05, 3.63) is 23.1 Å². The number of hydrogen-bond donors (Lipinski definition) is 2. The summed E-state index contributed by atoms with van der Waals surface area (Å²) in [6.07, 6.45) is 3.54. The SMILES string of the molecule is [B][B][B]C1=CC(N)C(N)C=C1[B]. The van der Waals surface area contributed by atoms with Crippen molar-refractivity contribution >= 4 is 29.8 Å². The van der Waals surface area contributed by atoms with Crippen molar-refractivity contribution in [3.63, 3.8) is 0 Å². The Labute approximate surface area is 77.1 Å². The van der Waals surface area contributed by atoms with Gasteiger partial charge in [0.1, 0.15) is 7.85 Å². The lowest BCUT2D eigenvalue weighted by Crippen LogP contribution is -2.41. The number of rotatable bonds is 2. The lowest BCUT2D eigenvalue weighted by molar-refractivity contribution is 0.696. The highest BCUT2D eigenvalue weighted by Gasteiger charge is 2.15. The van der Waals surface area contributed by atoms with Crippen LogP contribution in [-0.2, 0) is 0 Å². The van der Waals surface area contributed by atoms with Gasteiger partial charge in [0.2, 0.25) is 0 Å². The van der Waals surface area contributed by atoms with Crippen LogP contribution in [-0.4, -0.2) is 41.9 Å². The van der Waals surface area contributed by atoms with E-state index in [1.54, 1.807) is 13.2 Å². The van der Waals surface area contributed by atoms with Gasteiger partial charge in [-0.15, -0.1) is 10.9 Å². The minimum atomic E-state index is -0.195. The van der Waals surface area contributed by atoms with Crippen LogP contribution in [0, 0.1) is 0 Å². The number of allylic oxidation sites excluding steroid dienone is 2. The van der Waals surface area contributed by atoms with E-state index in [2.05, 4.69) is 0 Å². The van der Waals surface area contributed by atoms with Crippen LogP contribution in [0.2, 0.25) is 0 Å². The normalized spacial score (nSPS) is 28.8. The summed E-state index contributed by atoms with van der Waals surface area (Å²) in [7, 11) is 14.0. The Hall–Kier alpha value is -0.340. The van der Waals surface area contributed by atoms with E-state index in [9.17, 15) is 0 Å². The molecule has 0 fully saturated rings. The highest BCUT2D eigenvalue weighted by Crippen LogP contribution is 2.13. The molecule has 1 aliphatic carbocycles. The Bertz CT molecular complexity index is 226. The molecule has 0 saturated heterocycles. The third-order valence-electron chi connectivity index (χ3n) is 1.80. The van der Waals surface area contributed by atoms with Gasteiger partial charge < -0.3 is 11.5 Å². The smallest absolute Gasteiger partial charge is 0.112 e. The van der Waals surface area contributed by atoms with Crippen LogP contribution in [0.4, 0.5) is 0 Å². The molecule has 1 aliphatic rings. The minimum Gasteiger partial charge on any atom is -0.323 e. The summed E-state index contributed by atoms with van der Waals surface area (Å²) >= 11 is 0. The van der Waals surface area contributed by atoms with Crippen molar-refractivity contribution in [2.24, 2.45) is 11.5 Å². The van der Waals surface area contributed by atoms with E-state index in [0.29, 0.717) is 5.47 Å². The summed E-state index contributed by atoms with van der Waals surface area (Å²) in [5.41, 5.74) is 12.8. The summed E-state index contributed by atoms with van der Waals surface area (Å²) in [6.45, 7) is 0. The average molecular weight is 151 g/mol. The summed E-state index contributed by atoms with van der Waals surface area (Å²) in [6, 6.07) is -0.372. The van der Waals surface area contributed by atoms with Gasteiger partial charge in [-0.2, -0.15) is 0 Å². The summed E-state index contributed by atoms with van der Waals surface area (Å²) in [5, 5.41) is 0. The zero-order chi connectivity index (χ0) is 9.14. The van der Waals surface area contributed by atoms with Gasteiger partial charge >= 0.3 is 0 Å². The van der Waals surface area contributed by atoms with Crippen LogP contribution in [0.5, 0.6) is 0 Å². The van der Waals surface area contributed by atoms with E-state index in [-0.39, 0.29) is 12.1 Å². The van der Waals surface area contributed by atoms with Crippen LogP contribution < -0.4 is 11.5 Å². The molecule has 12 heavy (non-hydrogen) atoms. The van der Waals surface area contributed by atoms with E-state index in [1.807, 2.05) is 6.08 Å². The fourth-order valence-electron chi connectivity index (χ4n) is 1.08. The fourth-order valence-corrected chi connectivity index (χ4v) is 1.08. The Morgan fingerprint density at radius 3 is 2.42 bits per heavy atom. The first-order chi connectivity index (χ1) is 5.65. The predicted octanol–water partition coefficient (Wildman–Crippen LogP) is -2.00. The van der Waals surface area contributed by atoms with Crippen molar-refractivity contribution < 1.29 is 0 Å². The van der Waals surface area contributed by atoms with Gasteiger partial charge in [0, 0.05) is 26.9 Å². The Morgan fingerprint density at radius 1 is 1.25 bits per heavy atom. The van der Waals surface area contributed by atoms with Gasteiger partial charge in [-0.05, 0) is 0 Å². The molecular weight excluding hydrogens is 143 g/mol. The van der Waals surface area contributed by atoms with E-state index < -0.39 is 0 Å². The average Bonchev–Trinajstić information content (AvgIpc) is 2.01. The molecule has 0 spiro atoms. The summed E-state index contributed by atoms with van der Waals surface area (Å²) in [5.74, 6) is 0.